The molecule has 0 saturated carbocycles. The number of nitro groups is 1. The van der Waals surface area contributed by atoms with E-state index in [1.54, 1.807) is 37.3 Å². The lowest BCUT2D eigenvalue weighted by molar-refractivity contribution is -0.384. The summed E-state index contributed by atoms with van der Waals surface area (Å²) in [6.45, 7) is 1.91. The fourth-order valence-electron chi connectivity index (χ4n) is 2.82. The SMILES string of the molecule is CCOC(=O)c1cc(-c2ccc(/C=N\NC(=O)c3cc([N+](=O)[O-])ccc3OC)o2)ccc1Cl. The number of hydrazone groups is 1. The number of nitrogens with zero attached hydrogens (tertiary/aromatic N) is 2. The van der Waals surface area contributed by atoms with E-state index in [0.717, 1.165) is 6.07 Å². The van der Waals surface area contributed by atoms with E-state index in [0.29, 0.717) is 17.1 Å². The van der Waals surface area contributed by atoms with Gasteiger partial charge in [0.05, 0.1) is 41.0 Å². The highest BCUT2D eigenvalue weighted by molar-refractivity contribution is 6.33. The van der Waals surface area contributed by atoms with Gasteiger partial charge >= 0.3 is 5.97 Å². The first-order valence-corrected chi connectivity index (χ1v) is 9.94. The molecule has 0 aliphatic heterocycles. The molecule has 1 aromatic heterocycles. The number of hydrogen-bond acceptors (Lipinski definition) is 8. The third-order valence-corrected chi connectivity index (χ3v) is 4.70. The van der Waals surface area contributed by atoms with E-state index in [4.69, 9.17) is 25.5 Å². The summed E-state index contributed by atoms with van der Waals surface area (Å²) < 4.78 is 15.7. The third kappa shape index (κ3) is 5.55. The zero-order chi connectivity index (χ0) is 24.0. The molecule has 1 amide bonds. The van der Waals surface area contributed by atoms with Crippen LogP contribution in [0.3, 0.4) is 0 Å². The van der Waals surface area contributed by atoms with Crippen molar-refractivity contribution < 1.29 is 28.4 Å². The quantitative estimate of drug-likeness (QED) is 0.222. The Morgan fingerprint density at radius 2 is 1.97 bits per heavy atom. The Morgan fingerprint density at radius 1 is 1.18 bits per heavy atom. The average molecular weight is 472 g/mol. The maximum absolute atomic E-state index is 12.4. The maximum atomic E-state index is 12.4. The van der Waals surface area contributed by atoms with Crippen LogP contribution < -0.4 is 10.2 Å². The third-order valence-electron chi connectivity index (χ3n) is 4.37. The second-order valence-electron chi connectivity index (χ2n) is 6.46. The van der Waals surface area contributed by atoms with Crippen molar-refractivity contribution in [3.05, 3.63) is 80.6 Å². The van der Waals surface area contributed by atoms with Crippen molar-refractivity contribution in [1.82, 2.24) is 5.43 Å². The highest BCUT2D eigenvalue weighted by atomic mass is 35.5. The molecule has 3 rings (SSSR count). The molecule has 33 heavy (non-hydrogen) atoms. The van der Waals surface area contributed by atoms with Gasteiger partial charge in [-0.1, -0.05) is 11.6 Å². The van der Waals surface area contributed by atoms with Crippen molar-refractivity contribution in [1.29, 1.82) is 0 Å². The van der Waals surface area contributed by atoms with Crippen molar-refractivity contribution in [3.8, 4) is 17.1 Å². The van der Waals surface area contributed by atoms with Gasteiger partial charge in [0.2, 0.25) is 0 Å². The minimum absolute atomic E-state index is 0.0448. The number of nitro benzene ring substituents is 1. The van der Waals surface area contributed by atoms with Gasteiger partial charge in [-0.15, -0.1) is 0 Å². The Hall–Kier alpha value is -4.18. The van der Waals surface area contributed by atoms with Gasteiger partial charge in [0.25, 0.3) is 11.6 Å². The van der Waals surface area contributed by atoms with Gasteiger partial charge in [-0.3, -0.25) is 14.9 Å². The second kappa shape index (κ2) is 10.4. The molecule has 0 radical (unpaired) electrons. The highest BCUT2D eigenvalue weighted by Gasteiger charge is 2.17. The number of esters is 1. The molecule has 1 heterocycles. The summed E-state index contributed by atoms with van der Waals surface area (Å²) in [4.78, 5) is 34.8. The summed E-state index contributed by atoms with van der Waals surface area (Å²) >= 11 is 6.08. The van der Waals surface area contributed by atoms with Crippen molar-refractivity contribution in [3.63, 3.8) is 0 Å². The largest absolute Gasteiger partial charge is 0.496 e. The number of halogens is 1. The first-order valence-electron chi connectivity index (χ1n) is 9.56. The normalized spacial score (nSPS) is 10.8. The van der Waals surface area contributed by atoms with E-state index in [2.05, 4.69) is 10.5 Å². The van der Waals surface area contributed by atoms with Crippen LogP contribution >= 0.6 is 11.6 Å². The van der Waals surface area contributed by atoms with Crippen LogP contribution in [0, 0.1) is 10.1 Å². The molecule has 11 heteroatoms. The zero-order valence-corrected chi connectivity index (χ0v) is 18.3. The van der Waals surface area contributed by atoms with Crippen LogP contribution in [-0.2, 0) is 4.74 Å². The average Bonchev–Trinajstić information content (AvgIpc) is 3.27. The van der Waals surface area contributed by atoms with Crippen molar-refractivity contribution >= 4 is 35.4 Å². The number of non-ortho nitro benzene ring substituents is 1. The van der Waals surface area contributed by atoms with Gasteiger partial charge < -0.3 is 13.9 Å². The van der Waals surface area contributed by atoms with Crippen LogP contribution in [0.1, 0.15) is 33.4 Å². The summed E-state index contributed by atoms with van der Waals surface area (Å²) in [5, 5.41) is 15.0. The van der Waals surface area contributed by atoms with E-state index in [-0.39, 0.29) is 34.2 Å². The molecule has 10 nitrogen and oxygen atoms in total. The molecule has 3 aromatic rings. The summed E-state index contributed by atoms with van der Waals surface area (Å²) in [6.07, 6.45) is 1.26. The molecule has 1 N–H and O–H groups in total. The Kier molecular flexibility index (Phi) is 7.42. The van der Waals surface area contributed by atoms with Crippen LogP contribution in [0.2, 0.25) is 5.02 Å². The van der Waals surface area contributed by atoms with Crippen molar-refractivity contribution in [2.75, 3.05) is 13.7 Å². The molecule has 0 aliphatic carbocycles. The van der Waals surface area contributed by atoms with Gasteiger partial charge in [0.15, 0.2) is 0 Å². The lowest BCUT2D eigenvalue weighted by atomic mass is 10.1. The van der Waals surface area contributed by atoms with Gasteiger partial charge in [-0.25, -0.2) is 10.2 Å². The number of methoxy groups -OCH3 is 1. The fraction of sp³-hybridized carbons (Fsp3) is 0.136. The molecule has 2 aromatic carbocycles. The first kappa shape index (κ1) is 23.5. The van der Waals surface area contributed by atoms with E-state index in [1.807, 2.05) is 0 Å². The number of nitrogens with one attached hydrogen (secondary N) is 1. The van der Waals surface area contributed by atoms with Crippen LogP contribution in [0.5, 0.6) is 5.75 Å². The van der Waals surface area contributed by atoms with Gasteiger partial charge in [-0.2, -0.15) is 5.10 Å². The zero-order valence-electron chi connectivity index (χ0n) is 17.5. The molecule has 0 saturated heterocycles. The number of rotatable bonds is 8. The van der Waals surface area contributed by atoms with E-state index in [1.165, 1.54) is 25.5 Å². The monoisotopic (exact) mass is 471 g/mol. The molecule has 0 bridgehead atoms. The number of amides is 1. The van der Waals surface area contributed by atoms with E-state index in [9.17, 15) is 19.7 Å². The molecule has 0 aliphatic rings. The molecule has 0 atom stereocenters. The lowest BCUT2D eigenvalue weighted by Crippen LogP contribution is -2.18. The van der Waals surface area contributed by atoms with Gasteiger partial charge in [0, 0.05) is 17.7 Å². The smallest absolute Gasteiger partial charge is 0.339 e. The molecular weight excluding hydrogens is 454 g/mol. The van der Waals surface area contributed by atoms with Crippen LogP contribution in [0.25, 0.3) is 11.3 Å². The summed E-state index contributed by atoms with van der Waals surface area (Å²) in [5.74, 6) is -0.338. The summed E-state index contributed by atoms with van der Waals surface area (Å²) in [7, 11) is 1.34. The second-order valence-corrected chi connectivity index (χ2v) is 6.87. The Bertz CT molecular complexity index is 1240. The topological polar surface area (TPSA) is 133 Å². The standard InChI is InChI=1S/C22H18ClN3O7/c1-3-32-22(28)16-10-13(4-7-18(16)23)19-9-6-15(33-19)12-24-25-21(27)17-11-14(26(29)30)5-8-20(17)31-2/h4-12H,3H2,1-2H3,(H,25,27)/b24-12-. The molecule has 0 fully saturated rings. The number of furan rings is 1. The Morgan fingerprint density at radius 3 is 2.67 bits per heavy atom. The number of benzene rings is 2. The highest BCUT2D eigenvalue weighted by Crippen LogP contribution is 2.27. The molecule has 0 spiro atoms. The van der Waals surface area contributed by atoms with Crippen LogP contribution in [-0.4, -0.2) is 36.7 Å². The lowest BCUT2D eigenvalue weighted by Gasteiger charge is -2.06. The van der Waals surface area contributed by atoms with Crippen LogP contribution in [0.15, 0.2) is 58.0 Å². The van der Waals surface area contributed by atoms with Crippen LogP contribution in [0.4, 0.5) is 5.69 Å². The van der Waals surface area contributed by atoms with E-state index < -0.39 is 16.8 Å². The van der Waals surface area contributed by atoms with Gasteiger partial charge in [0.1, 0.15) is 17.3 Å². The first-order chi connectivity index (χ1) is 15.8. The number of carbonyl (C=O) groups is 2. The molecule has 0 unspecified atom stereocenters. The predicted molar refractivity (Wildman–Crippen MR) is 120 cm³/mol. The summed E-state index contributed by atoms with van der Waals surface area (Å²) in [6, 6.07) is 11.7. The summed E-state index contributed by atoms with van der Waals surface area (Å²) in [5.41, 5.74) is 2.77. The maximum Gasteiger partial charge on any atom is 0.339 e. The number of carbonyl (C=O) groups excluding carboxylic acids is 2. The van der Waals surface area contributed by atoms with E-state index >= 15 is 0 Å². The predicted octanol–water partition coefficient (Wildman–Crippen LogP) is 4.46. The van der Waals surface area contributed by atoms with Crippen molar-refractivity contribution in [2.24, 2.45) is 5.10 Å². The fourth-order valence-corrected chi connectivity index (χ4v) is 3.02. The minimum Gasteiger partial charge on any atom is -0.496 e. The van der Waals surface area contributed by atoms with Crippen molar-refractivity contribution in [2.45, 2.75) is 6.92 Å². The Balaban J connectivity index is 1.74. The minimum atomic E-state index is -0.699. The number of ether oxygens (including phenoxy) is 2. The molecular formula is C22H18ClN3O7. The Labute approximate surface area is 192 Å². The molecule has 170 valence electrons. The van der Waals surface area contributed by atoms with Gasteiger partial charge in [-0.05, 0) is 43.3 Å². The number of hydrogen-bond donors (Lipinski definition) is 1.